The SMILES string of the molecule is CCOc1cc(/C=C2/SC(=S)N(C)C2=O)cc(Br)c1O. The summed E-state index contributed by atoms with van der Waals surface area (Å²) in [6, 6.07) is 3.41. The Morgan fingerprint density at radius 3 is 2.80 bits per heavy atom. The molecule has 0 unspecified atom stereocenters. The van der Waals surface area contributed by atoms with Crippen LogP contribution in [0.15, 0.2) is 21.5 Å². The molecule has 1 N–H and O–H groups in total. The van der Waals surface area contributed by atoms with Gasteiger partial charge in [-0.05, 0) is 46.6 Å². The quantitative estimate of drug-likeness (QED) is 0.649. The number of likely N-dealkylation sites (N-methyl/N-ethyl adjacent to an activating group) is 1. The lowest BCUT2D eigenvalue weighted by atomic mass is 10.2. The van der Waals surface area contributed by atoms with Crippen molar-refractivity contribution in [3.63, 3.8) is 0 Å². The van der Waals surface area contributed by atoms with Crippen LogP contribution >= 0.6 is 39.9 Å². The maximum absolute atomic E-state index is 11.9. The molecule has 0 atom stereocenters. The van der Waals surface area contributed by atoms with Crippen LogP contribution in [0.1, 0.15) is 12.5 Å². The summed E-state index contributed by atoms with van der Waals surface area (Å²) in [6.45, 7) is 2.28. The van der Waals surface area contributed by atoms with Crippen molar-refractivity contribution >= 4 is 56.2 Å². The van der Waals surface area contributed by atoms with Crippen LogP contribution in [-0.2, 0) is 4.79 Å². The minimum Gasteiger partial charge on any atom is -0.503 e. The molecule has 1 fully saturated rings. The van der Waals surface area contributed by atoms with E-state index in [-0.39, 0.29) is 11.7 Å². The molecular weight excluding hydrogens is 362 g/mol. The third kappa shape index (κ3) is 2.99. The van der Waals surface area contributed by atoms with Crippen molar-refractivity contribution < 1.29 is 14.6 Å². The standard InChI is InChI=1S/C13H12BrNO3S2/c1-3-18-9-5-7(4-8(14)11(9)16)6-10-12(17)15(2)13(19)20-10/h4-6,16H,3H2,1-2H3/b10-6+. The molecule has 0 radical (unpaired) electrons. The Balaban J connectivity index is 2.39. The van der Waals surface area contributed by atoms with E-state index in [4.69, 9.17) is 17.0 Å². The smallest absolute Gasteiger partial charge is 0.265 e. The molecule has 0 aliphatic carbocycles. The molecule has 1 saturated heterocycles. The molecule has 1 aromatic rings. The number of ether oxygens (including phenoxy) is 1. The Hall–Kier alpha value is -1.05. The van der Waals surface area contributed by atoms with E-state index in [1.807, 2.05) is 6.92 Å². The van der Waals surface area contributed by atoms with Crippen molar-refractivity contribution in [3.05, 3.63) is 27.1 Å². The van der Waals surface area contributed by atoms with Gasteiger partial charge in [-0.1, -0.05) is 24.0 Å². The van der Waals surface area contributed by atoms with Crippen LogP contribution in [0.4, 0.5) is 0 Å². The zero-order chi connectivity index (χ0) is 14.9. The van der Waals surface area contributed by atoms with Crippen LogP contribution < -0.4 is 4.74 Å². The van der Waals surface area contributed by atoms with Crippen molar-refractivity contribution in [3.8, 4) is 11.5 Å². The monoisotopic (exact) mass is 373 g/mol. The van der Waals surface area contributed by atoms with Gasteiger partial charge in [0.2, 0.25) is 0 Å². The first-order valence-corrected chi connectivity index (χ1v) is 7.82. The van der Waals surface area contributed by atoms with E-state index in [2.05, 4.69) is 15.9 Å². The fourth-order valence-electron chi connectivity index (χ4n) is 1.64. The van der Waals surface area contributed by atoms with Crippen LogP contribution in [0.2, 0.25) is 0 Å². The normalized spacial score (nSPS) is 17.1. The molecule has 2 rings (SSSR count). The van der Waals surface area contributed by atoms with Gasteiger partial charge in [0, 0.05) is 7.05 Å². The molecular formula is C13H12BrNO3S2. The highest BCUT2D eigenvalue weighted by molar-refractivity contribution is 9.10. The number of thioether (sulfide) groups is 1. The number of amides is 1. The Bertz CT molecular complexity index is 616. The van der Waals surface area contributed by atoms with E-state index < -0.39 is 0 Å². The number of carbonyl (C=O) groups is 1. The number of benzene rings is 1. The predicted octanol–water partition coefficient (Wildman–Crippen LogP) is 3.38. The number of thiocarbonyl (C=S) groups is 1. The van der Waals surface area contributed by atoms with Crippen molar-refractivity contribution in [1.82, 2.24) is 4.90 Å². The highest BCUT2D eigenvalue weighted by atomic mass is 79.9. The Morgan fingerprint density at radius 1 is 1.55 bits per heavy atom. The van der Waals surface area contributed by atoms with Gasteiger partial charge in [0.15, 0.2) is 11.5 Å². The summed E-state index contributed by atoms with van der Waals surface area (Å²) < 4.78 is 6.40. The number of hydrogen-bond acceptors (Lipinski definition) is 5. The molecule has 1 aliphatic rings. The van der Waals surface area contributed by atoms with Gasteiger partial charge in [-0.2, -0.15) is 0 Å². The predicted molar refractivity (Wildman–Crippen MR) is 87.9 cm³/mol. The van der Waals surface area contributed by atoms with Crippen LogP contribution in [-0.4, -0.2) is 33.9 Å². The third-order valence-corrected chi connectivity index (χ3v) is 4.72. The van der Waals surface area contributed by atoms with Gasteiger partial charge < -0.3 is 9.84 Å². The van der Waals surface area contributed by atoms with E-state index in [9.17, 15) is 9.90 Å². The van der Waals surface area contributed by atoms with Crippen LogP contribution in [0.3, 0.4) is 0 Å². The molecule has 4 nitrogen and oxygen atoms in total. The first kappa shape index (κ1) is 15.3. The summed E-state index contributed by atoms with van der Waals surface area (Å²) >= 11 is 9.60. The van der Waals surface area contributed by atoms with Crippen LogP contribution in [0.25, 0.3) is 6.08 Å². The number of nitrogens with zero attached hydrogens (tertiary/aromatic N) is 1. The average Bonchev–Trinajstić information content (AvgIpc) is 2.63. The van der Waals surface area contributed by atoms with Crippen LogP contribution in [0.5, 0.6) is 11.5 Å². The molecule has 7 heteroatoms. The molecule has 1 aromatic carbocycles. The molecule has 106 valence electrons. The number of hydrogen-bond donors (Lipinski definition) is 1. The van der Waals surface area contributed by atoms with Gasteiger partial charge in [-0.15, -0.1) is 0 Å². The minimum atomic E-state index is -0.123. The molecule has 0 aromatic heterocycles. The van der Waals surface area contributed by atoms with Crippen molar-refractivity contribution in [1.29, 1.82) is 0 Å². The number of rotatable bonds is 3. The highest BCUT2D eigenvalue weighted by Gasteiger charge is 2.28. The maximum Gasteiger partial charge on any atom is 0.265 e. The summed E-state index contributed by atoms with van der Waals surface area (Å²) in [6.07, 6.45) is 1.73. The summed E-state index contributed by atoms with van der Waals surface area (Å²) in [7, 11) is 1.65. The second-order valence-corrected chi connectivity index (χ2v) is 6.55. The second-order valence-electron chi connectivity index (χ2n) is 4.02. The summed E-state index contributed by atoms with van der Waals surface area (Å²) in [5, 5.41) is 9.86. The van der Waals surface area contributed by atoms with Gasteiger partial charge >= 0.3 is 0 Å². The summed E-state index contributed by atoms with van der Waals surface area (Å²) in [5.41, 5.74) is 0.757. The lowest BCUT2D eigenvalue weighted by Gasteiger charge is -2.09. The number of aromatic hydroxyl groups is 1. The summed E-state index contributed by atoms with van der Waals surface area (Å²) in [4.78, 5) is 13.9. The molecule has 0 bridgehead atoms. The van der Waals surface area contributed by atoms with Crippen molar-refractivity contribution in [2.24, 2.45) is 0 Å². The van der Waals surface area contributed by atoms with Gasteiger partial charge in [-0.25, -0.2) is 0 Å². The zero-order valence-electron chi connectivity index (χ0n) is 10.8. The molecule has 1 aliphatic heterocycles. The van der Waals surface area contributed by atoms with Gasteiger partial charge in [-0.3, -0.25) is 9.69 Å². The van der Waals surface area contributed by atoms with Crippen molar-refractivity contribution in [2.75, 3.05) is 13.7 Å². The van der Waals surface area contributed by atoms with Crippen LogP contribution in [0, 0.1) is 0 Å². The molecule has 0 saturated carbocycles. The Morgan fingerprint density at radius 2 is 2.25 bits per heavy atom. The number of phenols is 1. The van der Waals surface area contributed by atoms with E-state index in [1.54, 1.807) is 25.3 Å². The van der Waals surface area contributed by atoms with Gasteiger partial charge in [0.05, 0.1) is 16.0 Å². The van der Waals surface area contributed by atoms with E-state index in [0.29, 0.717) is 26.1 Å². The number of carbonyl (C=O) groups excluding carboxylic acids is 1. The topological polar surface area (TPSA) is 49.8 Å². The molecule has 0 spiro atoms. The lowest BCUT2D eigenvalue weighted by Crippen LogP contribution is -2.22. The first-order valence-electron chi connectivity index (χ1n) is 5.81. The van der Waals surface area contributed by atoms with E-state index >= 15 is 0 Å². The highest BCUT2D eigenvalue weighted by Crippen LogP contribution is 2.38. The third-order valence-electron chi connectivity index (χ3n) is 2.63. The van der Waals surface area contributed by atoms with Crippen molar-refractivity contribution in [2.45, 2.75) is 6.92 Å². The fourth-order valence-corrected chi connectivity index (χ4v) is 3.28. The number of halogens is 1. The largest absolute Gasteiger partial charge is 0.503 e. The first-order chi connectivity index (χ1) is 9.43. The number of phenolic OH excluding ortho intramolecular Hbond substituents is 1. The average molecular weight is 374 g/mol. The minimum absolute atomic E-state index is 0.0482. The second kappa shape index (κ2) is 6.15. The maximum atomic E-state index is 11.9. The lowest BCUT2D eigenvalue weighted by molar-refractivity contribution is -0.121. The van der Waals surface area contributed by atoms with E-state index in [1.165, 1.54) is 16.7 Å². The molecule has 20 heavy (non-hydrogen) atoms. The van der Waals surface area contributed by atoms with Gasteiger partial charge in [0.25, 0.3) is 5.91 Å². The Kier molecular flexibility index (Phi) is 4.72. The molecule has 1 amide bonds. The Labute approximate surface area is 134 Å². The molecule has 1 heterocycles. The fraction of sp³-hybridized carbons (Fsp3) is 0.231. The summed E-state index contributed by atoms with van der Waals surface area (Å²) in [5.74, 6) is 0.300. The van der Waals surface area contributed by atoms with E-state index in [0.717, 1.165) is 5.56 Å². The zero-order valence-corrected chi connectivity index (χ0v) is 14.1. The van der Waals surface area contributed by atoms with Gasteiger partial charge in [0.1, 0.15) is 4.32 Å².